The van der Waals surface area contributed by atoms with Gasteiger partial charge in [-0.3, -0.25) is 9.48 Å². The molecule has 10 nitrogen and oxygen atoms in total. The van der Waals surface area contributed by atoms with E-state index in [2.05, 4.69) is 27.7 Å². The summed E-state index contributed by atoms with van der Waals surface area (Å²) < 4.78 is 3.57. The van der Waals surface area contributed by atoms with E-state index in [9.17, 15) is 9.59 Å². The summed E-state index contributed by atoms with van der Waals surface area (Å²) in [5.74, 6) is -0.143. The molecule has 0 bridgehead atoms. The summed E-state index contributed by atoms with van der Waals surface area (Å²) in [7, 11) is 3.73. The molecule has 0 atom stereocenters. The van der Waals surface area contributed by atoms with Crippen LogP contribution in [-0.4, -0.2) is 79.7 Å². The number of likely N-dealkylation sites (tertiary alicyclic amines) is 1. The second kappa shape index (κ2) is 8.62. The summed E-state index contributed by atoms with van der Waals surface area (Å²) in [4.78, 5) is 27.8. The van der Waals surface area contributed by atoms with Crippen LogP contribution in [0.3, 0.4) is 0 Å². The molecule has 10 heteroatoms. The molecule has 2 aromatic rings. The summed E-state index contributed by atoms with van der Waals surface area (Å²) >= 11 is 0. The summed E-state index contributed by atoms with van der Waals surface area (Å²) in [5, 5.41) is 15.3. The van der Waals surface area contributed by atoms with Crippen LogP contribution in [0.1, 0.15) is 46.8 Å². The van der Waals surface area contributed by atoms with E-state index in [4.69, 9.17) is 0 Å². The lowest BCUT2D eigenvalue weighted by molar-refractivity contribution is 0.0787. The van der Waals surface area contributed by atoms with Crippen molar-refractivity contribution in [2.45, 2.75) is 39.7 Å². The highest BCUT2D eigenvalue weighted by Crippen LogP contribution is 2.20. The molecule has 1 aliphatic rings. The van der Waals surface area contributed by atoms with Gasteiger partial charge in [0.05, 0.1) is 17.9 Å². The minimum absolute atomic E-state index is 0.0634. The van der Waals surface area contributed by atoms with Crippen molar-refractivity contribution in [3.8, 4) is 0 Å². The molecule has 1 aliphatic heterocycles. The van der Waals surface area contributed by atoms with Gasteiger partial charge in [-0.15, -0.1) is 5.10 Å². The van der Waals surface area contributed by atoms with Crippen LogP contribution in [0.5, 0.6) is 0 Å². The molecule has 2 aromatic heterocycles. The quantitative estimate of drug-likeness (QED) is 0.742. The molecule has 3 amide bonds. The lowest BCUT2D eigenvalue weighted by atomic mass is 10.1. The van der Waals surface area contributed by atoms with E-state index in [-0.39, 0.29) is 18.0 Å². The van der Waals surface area contributed by atoms with E-state index in [1.807, 2.05) is 25.6 Å². The monoisotopic (exact) mass is 402 g/mol. The lowest BCUT2D eigenvalue weighted by Gasteiger charge is -2.38. The summed E-state index contributed by atoms with van der Waals surface area (Å²) in [5.41, 5.74) is 3.80. The number of hydrogen-bond donors (Lipinski definition) is 1. The zero-order chi connectivity index (χ0) is 21.1. The van der Waals surface area contributed by atoms with Gasteiger partial charge in [-0.25, -0.2) is 9.48 Å². The highest BCUT2D eigenvalue weighted by molar-refractivity contribution is 5.91. The molecule has 0 aliphatic carbocycles. The van der Waals surface area contributed by atoms with Gasteiger partial charge in [0.25, 0.3) is 5.91 Å². The van der Waals surface area contributed by atoms with Crippen molar-refractivity contribution in [2.75, 3.05) is 33.2 Å². The summed E-state index contributed by atoms with van der Waals surface area (Å²) in [6.07, 6.45) is 3.41. The van der Waals surface area contributed by atoms with Crippen LogP contribution in [0.4, 0.5) is 4.79 Å². The number of nitrogens with one attached hydrogen (secondary N) is 1. The first kappa shape index (κ1) is 20.8. The van der Waals surface area contributed by atoms with Crippen LogP contribution < -0.4 is 5.32 Å². The molecule has 29 heavy (non-hydrogen) atoms. The normalized spacial score (nSPS) is 14.0. The first-order valence-electron chi connectivity index (χ1n) is 10.0. The SMILES string of the molecule is CCNC(=O)N1CC(n2cc(C(=O)N(C)CCCc3c(C)nn(C)c3C)nn2)C1. The molecule has 0 radical (unpaired) electrons. The molecule has 1 N–H and O–H groups in total. The van der Waals surface area contributed by atoms with Gasteiger partial charge in [0.15, 0.2) is 5.69 Å². The van der Waals surface area contributed by atoms with Crippen molar-refractivity contribution in [3.63, 3.8) is 0 Å². The average Bonchev–Trinajstić information content (AvgIpc) is 3.20. The van der Waals surface area contributed by atoms with Crippen LogP contribution in [-0.2, 0) is 13.5 Å². The number of aryl methyl sites for hydroxylation is 2. The molecule has 0 spiro atoms. The van der Waals surface area contributed by atoms with Gasteiger partial charge in [-0.1, -0.05) is 5.21 Å². The number of amides is 3. The Balaban J connectivity index is 1.49. The Morgan fingerprint density at radius 2 is 2.03 bits per heavy atom. The maximum Gasteiger partial charge on any atom is 0.317 e. The second-order valence-electron chi connectivity index (χ2n) is 7.58. The highest BCUT2D eigenvalue weighted by atomic mass is 16.2. The first-order chi connectivity index (χ1) is 13.8. The Morgan fingerprint density at radius 3 is 2.66 bits per heavy atom. The molecule has 0 aromatic carbocycles. The van der Waals surface area contributed by atoms with Crippen LogP contribution >= 0.6 is 0 Å². The van der Waals surface area contributed by atoms with Crippen molar-refractivity contribution in [3.05, 3.63) is 28.8 Å². The van der Waals surface area contributed by atoms with E-state index < -0.39 is 0 Å². The molecular formula is C19H30N8O2. The number of rotatable bonds is 7. The van der Waals surface area contributed by atoms with Crippen molar-refractivity contribution in [2.24, 2.45) is 7.05 Å². The molecule has 1 saturated heterocycles. The maximum atomic E-state index is 12.6. The number of carbonyl (C=O) groups excluding carboxylic acids is 2. The smallest absolute Gasteiger partial charge is 0.317 e. The van der Waals surface area contributed by atoms with Crippen LogP contribution in [0.15, 0.2) is 6.20 Å². The van der Waals surface area contributed by atoms with E-state index in [1.165, 1.54) is 11.3 Å². The standard InChI is InChI=1S/C19H30N8O2/c1-6-20-19(29)26-10-15(11-26)27-12-17(21-23-27)18(28)24(4)9-7-8-16-13(2)22-25(5)14(16)3/h12,15H,6-11H2,1-5H3,(H,20,29). The zero-order valence-electron chi connectivity index (χ0n) is 17.8. The number of aromatic nitrogens is 5. The van der Waals surface area contributed by atoms with Crippen LogP contribution in [0, 0.1) is 13.8 Å². The Hall–Kier alpha value is -2.91. The Bertz CT molecular complexity index is 881. The average molecular weight is 403 g/mol. The van der Waals surface area contributed by atoms with Gasteiger partial charge >= 0.3 is 6.03 Å². The predicted molar refractivity (Wildman–Crippen MR) is 108 cm³/mol. The van der Waals surface area contributed by atoms with E-state index >= 15 is 0 Å². The van der Waals surface area contributed by atoms with Crippen molar-refractivity contribution in [1.82, 2.24) is 39.9 Å². The Labute approximate surface area is 170 Å². The fraction of sp³-hybridized carbons (Fsp3) is 0.632. The van der Waals surface area contributed by atoms with Gasteiger partial charge in [-0.05, 0) is 39.2 Å². The van der Waals surface area contributed by atoms with E-state index in [1.54, 1.807) is 27.7 Å². The highest BCUT2D eigenvalue weighted by Gasteiger charge is 2.33. The van der Waals surface area contributed by atoms with Crippen molar-refractivity contribution < 1.29 is 9.59 Å². The molecule has 0 saturated carbocycles. The fourth-order valence-electron chi connectivity index (χ4n) is 3.57. The van der Waals surface area contributed by atoms with Gasteiger partial charge in [0.1, 0.15) is 0 Å². The third kappa shape index (κ3) is 4.41. The third-order valence-corrected chi connectivity index (χ3v) is 5.51. The summed E-state index contributed by atoms with van der Waals surface area (Å²) in [6, 6.07) is -0.00696. The minimum Gasteiger partial charge on any atom is -0.340 e. The number of nitrogens with zero attached hydrogens (tertiary/aromatic N) is 7. The van der Waals surface area contributed by atoms with E-state index in [0.717, 1.165) is 18.5 Å². The maximum absolute atomic E-state index is 12.6. The van der Waals surface area contributed by atoms with Gasteiger partial charge < -0.3 is 15.1 Å². The summed E-state index contributed by atoms with van der Waals surface area (Å²) in [6.45, 7) is 8.35. The lowest BCUT2D eigenvalue weighted by Crippen LogP contribution is -2.54. The number of hydrogen-bond acceptors (Lipinski definition) is 5. The number of carbonyl (C=O) groups is 2. The minimum atomic E-state index is -0.143. The molecule has 3 heterocycles. The van der Waals surface area contributed by atoms with Gasteiger partial charge in [0, 0.05) is 46.0 Å². The van der Waals surface area contributed by atoms with Gasteiger partial charge in [0.2, 0.25) is 0 Å². The Morgan fingerprint density at radius 1 is 1.31 bits per heavy atom. The third-order valence-electron chi connectivity index (χ3n) is 5.51. The van der Waals surface area contributed by atoms with E-state index in [0.29, 0.717) is 31.9 Å². The molecular weight excluding hydrogens is 372 g/mol. The van der Waals surface area contributed by atoms with Gasteiger partial charge in [-0.2, -0.15) is 5.10 Å². The molecule has 0 unspecified atom stereocenters. The van der Waals surface area contributed by atoms with Crippen LogP contribution in [0.2, 0.25) is 0 Å². The molecule has 158 valence electrons. The molecule has 3 rings (SSSR count). The topological polar surface area (TPSA) is 101 Å². The first-order valence-corrected chi connectivity index (χ1v) is 10.0. The Kier molecular flexibility index (Phi) is 6.19. The fourth-order valence-corrected chi connectivity index (χ4v) is 3.57. The largest absolute Gasteiger partial charge is 0.340 e. The molecule has 1 fully saturated rings. The number of urea groups is 1. The zero-order valence-corrected chi connectivity index (χ0v) is 17.8. The van der Waals surface area contributed by atoms with Crippen molar-refractivity contribution >= 4 is 11.9 Å². The predicted octanol–water partition coefficient (Wildman–Crippen LogP) is 0.919. The van der Waals surface area contributed by atoms with Crippen LogP contribution in [0.25, 0.3) is 0 Å². The van der Waals surface area contributed by atoms with Crippen molar-refractivity contribution in [1.29, 1.82) is 0 Å². The second-order valence-corrected chi connectivity index (χ2v) is 7.58.